The molecule has 200 valence electrons. The molecule has 0 saturated carbocycles. The van der Waals surface area contributed by atoms with E-state index in [1.54, 1.807) is 12.4 Å². The van der Waals surface area contributed by atoms with Crippen LogP contribution in [0.1, 0.15) is 38.9 Å². The van der Waals surface area contributed by atoms with E-state index in [4.69, 9.17) is 15.0 Å². The topological polar surface area (TPSA) is 106 Å². The molecule has 2 N–H and O–H groups in total. The van der Waals surface area contributed by atoms with E-state index in [2.05, 4.69) is 38.9 Å². The summed E-state index contributed by atoms with van der Waals surface area (Å²) in [5, 5.41) is 4.09. The van der Waals surface area contributed by atoms with Crippen LogP contribution in [0.4, 0.5) is 20.7 Å². The predicted octanol–water partition coefficient (Wildman–Crippen LogP) is 3.64. The molecule has 5 rings (SSSR count). The number of hydrogen-bond donors (Lipinski definition) is 1. The first kappa shape index (κ1) is 25.6. The van der Waals surface area contributed by atoms with Gasteiger partial charge in [0.25, 0.3) is 0 Å². The van der Waals surface area contributed by atoms with Gasteiger partial charge in [0.2, 0.25) is 5.95 Å². The van der Waals surface area contributed by atoms with E-state index >= 15 is 0 Å². The van der Waals surface area contributed by atoms with E-state index in [9.17, 15) is 8.78 Å². The van der Waals surface area contributed by atoms with Gasteiger partial charge < -0.3 is 24.8 Å². The average molecular weight is 516 g/mol. The van der Waals surface area contributed by atoms with Crippen LogP contribution in [0.25, 0.3) is 0 Å². The Morgan fingerprint density at radius 2 is 1.92 bits per heavy atom. The van der Waals surface area contributed by atoms with Gasteiger partial charge in [0, 0.05) is 51.0 Å². The van der Waals surface area contributed by atoms with Crippen molar-refractivity contribution in [3.8, 4) is 5.75 Å². The summed E-state index contributed by atoms with van der Waals surface area (Å²) < 4.78 is 39.5. The fourth-order valence-electron chi connectivity index (χ4n) is 5.17. The number of anilines is 2. The van der Waals surface area contributed by atoms with Crippen LogP contribution in [0.15, 0.2) is 40.5 Å². The van der Waals surface area contributed by atoms with Crippen molar-refractivity contribution in [2.45, 2.75) is 51.7 Å². The van der Waals surface area contributed by atoms with Crippen LogP contribution in [0.5, 0.6) is 5.75 Å². The summed E-state index contributed by atoms with van der Waals surface area (Å²) in [4.78, 5) is 17.5. The zero-order chi connectivity index (χ0) is 25.9. The lowest BCUT2D eigenvalue weighted by Crippen LogP contribution is -2.35. The average Bonchev–Trinajstić information content (AvgIpc) is 3.51. The highest BCUT2D eigenvalue weighted by Crippen LogP contribution is 2.34. The quantitative estimate of drug-likeness (QED) is 0.564. The van der Waals surface area contributed by atoms with E-state index in [-0.39, 0.29) is 24.2 Å². The SMILES string of the molecule is CC(C)Cc1noc(N2CCC(COc3cnc(N4C[C@H](C5=CC(F)CC=C5F)[C@@H](N)C4)nc3)CC2)n1. The number of allylic oxidation sites excluding steroid dienone is 3. The Morgan fingerprint density at radius 1 is 1.16 bits per heavy atom. The Morgan fingerprint density at radius 3 is 2.65 bits per heavy atom. The van der Waals surface area contributed by atoms with Gasteiger partial charge in [-0.15, -0.1) is 0 Å². The summed E-state index contributed by atoms with van der Waals surface area (Å²) in [6, 6.07) is 0.279. The van der Waals surface area contributed by atoms with Gasteiger partial charge in [-0.3, -0.25) is 0 Å². The van der Waals surface area contributed by atoms with Crippen LogP contribution in [-0.4, -0.2) is 65.1 Å². The fourth-order valence-corrected chi connectivity index (χ4v) is 5.17. The van der Waals surface area contributed by atoms with Crippen molar-refractivity contribution in [1.29, 1.82) is 0 Å². The van der Waals surface area contributed by atoms with E-state index < -0.39 is 6.17 Å². The van der Waals surface area contributed by atoms with Crippen molar-refractivity contribution in [3.05, 3.63) is 41.8 Å². The van der Waals surface area contributed by atoms with Gasteiger partial charge >= 0.3 is 6.01 Å². The van der Waals surface area contributed by atoms with E-state index in [1.807, 2.05) is 4.90 Å². The fraction of sp³-hybridized carbons (Fsp3) is 0.615. The number of nitrogens with zero attached hydrogens (tertiary/aromatic N) is 6. The molecule has 2 fully saturated rings. The minimum Gasteiger partial charge on any atom is -0.490 e. The van der Waals surface area contributed by atoms with E-state index in [0.717, 1.165) is 38.2 Å². The number of halogens is 2. The molecule has 2 aliphatic heterocycles. The first-order valence-electron chi connectivity index (χ1n) is 13.1. The third kappa shape index (κ3) is 6.08. The molecule has 11 heteroatoms. The van der Waals surface area contributed by atoms with Gasteiger partial charge in [-0.05, 0) is 42.4 Å². The first-order chi connectivity index (χ1) is 17.9. The number of aromatic nitrogens is 4. The number of rotatable bonds is 8. The summed E-state index contributed by atoms with van der Waals surface area (Å²) in [5.41, 5.74) is 6.63. The second-order valence-corrected chi connectivity index (χ2v) is 10.7. The lowest BCUT2D eigenvalue weighted by atomic mass is 9.89. The Hall–Kier alpha value is -3.08. The van der Waals surface area contributed by atoms with Crippen LogP contribution in [-0.2, 0) is 6.42 Å². The monoisotopic (exact) mass is 515 g/mol. The van der Waals surface area contributed by atoms with Gasteiger partial charge in [-0.1, -0.05) is 19.0 Å². The maximum atomic E-state index is 14.3. The molecule has 9 nitrogen and oxygen atoms in total. The van der Waals surface area contributed by atoms with E-state index in [0.29, 0.717) is 54.8 Å². The predicted molar refractivity (Wildman–Crippen MR) is 136 cm³/mol. The molecule has 1 unspecified atom stereocenters. The molecule has 1 aliphatic carbocycles. The zero-order valence-corrected chi connectivity index (χ0v) is 21.4. The number of piperidine rings is 1. The summed E-state index contributed by atoms with van der Waals surface area (Å²) in [5.74, 6) is 2.10. The summed E-state index contributed by atoms with van der Waals surface area (Å²) >= 11 is 0. The molecule has 37 heavy (non-hydrogen) atoms. The van der Waals surface area contributed by atoms with Crippen molar-refractivity contribution in [1.82, 2.24) is 20.1 Å². The van der Waals surface area contributed by atoms with Gasteiger partial charge in [0.15, 0.2) is 11.6 Å². The van der Waals surface area contributed by atoms with Gasteiger partial charge in [0.05, 0.1) is 19.0 Å². The summed E-state index contributed by atoms with van der Waals surface area (Å²) in [6.07, 6.45) is 7.62. The van der Waals surface area contributed by atoms with Crippen molar-refractivity contribution in [2.75, 3.05) is 42.6 Å². The van der Waals surface area contributed by atoms with E-state index in [1.165, 1.54) is 12.2 Å². The van der Waals surface area contributed by atoms with Crippen LogP contribution in [0, 0.1) is 17.8 Å². The lowest BCUT2D eigenvalue weighted by molar-refractivity contribution is 0.219. The van der Waals surface area contributed by atoms with Crippen molar-refractivity contribution in [3.63, 3.8) is 0 Å². The van der Waals surface area contributed by atoms with Crippen LogP contribution >= 0.6 is 0 Å². The molecule has 3 aliphatic rings. The number of ether oxygens (including phenoxy) is 1. The molecule has 0 spiro atoms. The van der Waals surface area contributed by atoms with Gasteiger partial charge in [-0.25, -0.2) is 18.7 Å². The van der Waals surface area contributed by atoms with Crippen LogP contribution < -0.4 is 20.3 Å². The zero-order valence-electron chi connectivity index (χ0n) is 21.4. The Labute approximate surface area is 215 Å². The number of nitrogens with two attached hydrogens (primary N) is 1. The summed E-state index contributed by atoms with van der Waals surface area (Å²) in [7, 11) is 0. The standard InChI is InChI=1S/C26H35F2N7O2/c1-16(2)9-24-32-26(37-33-24)34-7-5-17(6-8-34)15-36-19-11-30-25(31-12-19)35-13-21(23(29)14-35)20-10-18(27)3-4-22(20)28/h4,10-12,16-18,21,23H,3,5-9,13-15,29H2,1-2H3/t18?,21-,23+/m1/s1. The maximum absolute atomic E-state index is 14.3. The highest BCUT2D eigenvalue weighted by Gasteiger charge is 2.36. The largest absolute Gasteiger partial charge is 0.490 e. The molecule has 0 aromatic carbocycles. The third-order valence-corrected chi connectivity index (χ3v) is 7.24. The molecule has 2 saturated heterocycles. The molecule has 3 atom stereocenters. The minimum absolute atomic E-state index is 0.0721. The normalized spacial score (nSPS) is 25.0. The molecule has 2 aromatic heterocycles. The minimum atomic E-state index is -1.17. The second kappa shape index (κ2) is 11.1. The molecule has 4 heterocycles. The second-order valence-electron chi connectivity index (χ2n) is 10.7. The molecule has 0 amide bonds. The van der Waals surface area contributed by atoms with Gasteiger partial charge in [-0.2, -0.15) is 4.98 Å². The molecular weight excluding hydrogens is 480 g/mol. The van der Waals surface area contributed by atoms with Crippen LogP contribution in [0.3, 0.4) is 0 Å². The molecule has 0 radical (unpaired) electrons. The first-order valence-corrected chi connectivity index (χ1v) is 13.1. The Balaban J connectivity index is 1.09. The smallest absolute Gasteiger partial charge is 0.324 e. The Bertz CT molecular complexity index is 1110. The highest BCUT2D eigenvalue weighted by atomic mass is 19.1. The lowest BCUT2D eigenvalue weighted by Gasteiger charge is -2.30. The van der Waals surface area contributed by atoms with Crippen molar-refractivity contribution >= 4 is 12.0 Å². The highest BCUT2D eigenvalue weighted by molar-refractivity contribution is 5.41. The third-order valence-electron chi connectivity index (χ3n) is 7.24. The van der Waals surface area contributed by atoms with Gasteiger partial charge in [0.1, 0.15) is 12.0 Å². The number of hydrogen-bond acceptors (Lipinski definition) is 9. The summed E-state index contributed by atoms with van der Waals surface area (Å²) in [6.45, 7) is 7.46. The van der Waals surface area contributed by atoms with Crippen molar-refractivity contribution in [2.24, 2.45) is 23.5 Å². The molecule has 0 bridgehead atoms. The van der Waals surface area contributed by atoms with Crippen molar-refractivity contribution < 1.29 is 18.0 Å². The number of alkyl halides is 1. The van der Waals surface area contributed by atoms with Crippen LogP contribution in [0.2, 0.25) is 0 Å². The molecule has 2 aromatic rings. The maximum Gasteiger partial charge on any atom is 0.324 e. The molecular formula is C26H35F2N7O2. The Kier molecular flexibility index (Phi) is 7.68.